The summed E-state index contributed by atoms with van der Waals surface area (Å²) >= 11 is 1.43. The fraction of sp³-hybridized carbons (Fsp3) is 0.111. The molecular formula is C18H13N3O4S. The Labute approximate surface area is 152 Å². The fourth-order valence-corrected chi connectivity index (χ4v) is 3.23. The standard InChI is InChI=1S/C18H13N3O4S/c22-15-10-26-14-7-6-12(8-13(14)19-15)18(23)24-9-16-20-17(21-25-16)11-4-2-1-3-5-11/h1-8H,9-10H2,(H,19,22). The number of carbonyl (C=O) groups is 2. The van der Waals surface area contributed by atoms with E-state index in [0.717, 1.165) is 10.5 Å². The molecule has 1 amide bonds. The SMILES string of the molecule is O=C1CSc2ccc(C(=O)OCc3nc(-c4ccccc4)no3)cc2N1. The number of thioether (sulfide) groups is 1. The van der Waals surface area contributed by atoms with Crippen LogP contribution in [0, 0.1) is 0 Å². The molecule has 0 radical (unpaired) electrons. The number of nitrogens with zero attached hydrogens (tertiary/aromatic N) is 2. The van der Waals surface area contributed by atoms with Gasteiger partial charge in [0, 0.05) is 10.5 Å². The molecule has 0 spiro atoms. The zero-order valence-electron chi connectivity index (χ0n) is 13.5. The van der Waals surface area contributed by atoms with Gasteiger partial charge in [-0.2, -0.15) is 4.98 Å². The average Bonchev–Trinajstić information content (AvgIpc) is 3.15. The highest BCUT2D eigenvalue weighted by molar-refractivity contribution is 8.00. The highest BCUT2D eigenvalue weighted by Crippen LogP contribution is 2.32. The van der Waals surface area contributed by atoms with E-state index in [1.807, 2.05) is 30.3 Å². The van der Waals surface area contributed by atoms with Crippen LogP contribution in [0.25, 0.3) is 11.4 Å². The molecule has 1 aliphatic rings. The molecule has 3 aromatic rings. The molecule has 1 aromatic heterocycles. The second-order valence-corrected chi connectivity index (χ2v) is 6.52. The number of amides is 1. The first-order valence-corrected chi connectivity index (χ1v) is 8.79. The summed E-state index contributed by atoms with van der Waals surface area (Å²) in [5.74, 6) is 0.395. The minimum absolute atomic E-state index is 0.0904. The van der Waals surface area contributed by atoms with Gasteiger partial charge in [0.05, 0.1) is 17.0 Å². The number of anilines is 1. The van der Waals surface area contributed by atoms with Gasteiger partial charge in [-0.3, -0.25) is 4.79 Å². The van der Waals surface area contributed by atoms with E-state index < -0.39 is 5.97 Å². The van der Waals surface area contributed by atoms with Crippen molar-refractivity contribution in [2.75, 3.05) is 11.1 Å². The molecule has 4 rings (SSSR count). The van der Waals surface area contributed by atoms with E-state index in [0.29, 0.717) is 22.8 Å². The Kier molecular flexibility index (Phi) is 4.40. The lowest BCUT2D eigenvalue weighted by Gasteiger charge is -2.16. The van der Waals surface area contributed by atoms with Gasteiger partial charge in [0.25, 0.3) is 5.89 Å². The third-order valence-corrected chi connectivity index (χ3v) is 4.75. The molecule has 0 unspecified atom stereocenters. The van der Waals surface area contributed by atoms with Crippen molar-refractivity contribution in [1.82, 2.24) is 10.1 Å². The van der Waals surface area contributed by atoms with Crippen LogP contribution in [0.3, 0.4) is 0 Å². The second kappa shape index (κ2) is 7.01. The fourth-order valence-electron chi connectivity index (χ4n) is 2.44. The van der Waals surface area contributed by atoms with E-state index in [1.54, 1.807) is 18.2 Å². The molecule has 0 saturated heterocycles. The molecule has 7 nitrogen and oxygen atoms in total. The summed E-state index contributed by atoms with van der Waals surface area (Å²) in [7, 11) is 0. The molecule has 0 fully saturated rings. The molecule has 0 aliphatic carbocycles. The van der Waals surface area contributed by atoms with Crippen molar-refractivity contribution in [3.63, 3.8) is 0 Å². The van der Waals surface area contributed by atoms with Crippen LogP contribution < -0.4 is 5.32 Å². The van der Waals surface area contributed by atoms with Crippen LogP contribution in [0.5, 0.6) is 0 Å². The number of esters is 1. The van der Waals surface area contributed by atoms with Gasteiger partial charge in [0.2, 0.25) is 11.7 Å². The summed E-state index contributed by atoms with van der Waals surface area (Å²) in [5.41, 5.74) is 1.77. The van der Waals surface area contributed by atoms with E-state index in [-0.39, 0.29) is 18.4 Å². The third kappa shape index (κ3) is 3.45. The molecule has 130 valence electrons. The minimum Gasteiger partial charge on any atom is -0.452 e. The number of rotatable bonds is 4. The van der Waals surface area contributed by atoms with Crippen molar-refractivity contribution >= 4 is 29.3 Å². The highest BCUT2D eigenvalue weighted by Gasteiger charge is 2.18. The zero-order chi connectivity index (χ0) is 17.9. The van der Waals surface area contributed by atoms with Crippen molar-refractivity contribution in [1.29, 1.82) is 0 Å². The monoisotopic (exact) mass is 367 g/mol. The number of hydrogen-bond donors (Lipinski definition) is 1. The van der Waals surface area contributed by atoms with Crippen LogP contribution in [-0.4, -0.2) is 27.8 Å². The topological polar surface area (TPSA) is 94.3 Å². The normalized spacial score (nSPS) is 13.0. The van der Waals surface area contributed by atoms with Gasteiger partial charge >= 0.3 is 5.97 Å². The Bertz CT molecular complexity index is 972. The van der Waals surface area contributed by atoms with Crippen LogP contribution in [0.15, 0.2) is 57.9 Å². The number of hydrogen-bond acceptors (Lipinski definition) is 7. The number of nitrogens with one attached hydrogen (secondary N) is 1. The van der Waals surface area contributed by atoms with Crippen molar-refractivity contribution in [3.05, 3.63) is 60.0 Å². The molecule has 8 heteroatoms. The maximum Gasteiger partial charge on any atom is 0.338 e. The molecule has 0 saturated carbocycles. The zero-order valence-corrected chi connectivity index (χ0v) is 14.3. The number of aromatic nitrogens is 2. The molecular weight excluding hydrogens is 354 g/mol. The van der Waals surface area contributed by atoms with E-state index >= 15 is 0 Å². The van der Waals surface area contributed by atoms with Crippen molar-refractivity contribution in [2.45, 2.75) is 11.5 Å². The number of ether oxygens (including phenoxy) is 1. The maximum absolute atomic E-state index is 12.2. The smallest absolute Gasteiger partial charge is 0.338 e. The van der Waals surface area contributed by atoms with Crippen LogP contribution in [-0.2, 0) is 16.1 Å². The Hall–Kier alpha value is -3.13. The Morgan fingerprint density at radius 1 is 1.23 bits per heavy atom. The van der Waals surface area contributed by atoms with Gasteiger partial charge in [0.15, 0.2) is 6.61 Å². The molecule has 1 aliphatic heterocycles. The van der Waals surface area contributed by atoms with Crippen LogP contribution in [0.1, 0.15) is 16.2 Å². The molecule has 0 atom stereocenters. The quantitative estimate of drug-likeness (QED) is 0.708. The van der Waals surface area contributed by atoms with Gasteiger partial charge in [0.1, 0.15) is 0 Å². The van der Waals surface area contributed by atoms with Gasteiger partial charge in [-0.05, 0) is 18.2 Å². The summed E-state index contributed by atoms with van der Waals surface area (Å²) in [6, 6.07) is 14.4. The Morgan fingerprint density at radius 2 is 2.08 bits per heavy atom. The van der Waals surface area contributed by atoms with Crippen LogP contribution >= 0.6 is 11.8 Å². The Morgan fingerprint density at radius 3 is 2.92 bits per heavy atom. The third-order valence-electron chi connectivity index (χ3n) is 3.67. The minimum atomic E-state index is -0.530. The summed E-state index contributed by atoms with van der Waals surface area (Å²) in [6.07, 6.45) is 0. The molecule has 2 aromatic carbocycles. The first kappa shape index (κ1) is 16.3. The lowest BCUT2D eigenvalue weighted by atomic mass is 10.2. The summed E-state index contributed by atoms with van der Waals surface area (Å²) in [6.45, 7) is -0.128. The number of benzene rings is 2. The molecule has 2 heterocycles. The van der Waals surface area contributed by atoms with Crippen molar-refractivity contribution < 1.29 is 18.8 Å². The predicted octanol–water partition coefficient (Wildman–Crippen LogP) is 3.14. The molecule has 26 heavy (non-hydrogen) atoms. The van der Waals surface area contributed by atoms with Gasteiger partial charge in [-0.15, -0.1) is 11.8 Å². The van der Waals surface area contributed by atoms with Gasteiger partial charge < -0.3 is 14.6 Å². The first-order valence-electron chi connectivity index (χ1n) is 7.81. The summed E-state index contributed by atoms with van der Waals surface area (Å²) < 4.78 is 10.3. The average molecular weight is 367 g/mol. The molecule has 1 N–H and O–H groups in total. The lowest BCUT2D eigenvalue weighted by Crippen LogP contribution is -2.19. The first-order chi connectivity index (χ1) is 12.7. The van der Waals surface area contributed by atoms with Crippen molar-refractivity contribution in [3.8, 4) is 11.4 Å². The number of carbonyl (C=O) groups excluding carboxylic acids is 2. The lowest BCUT2D eigenvalue weighted by molar-refractivity contribution is -0.113. The van der Waals surface area contributed by atoms with Gasteiger partial charge in [-0.25, -0.2) is 4.79 Å². The van der Waals surface area contributed by atoms with Crippen LogP contribution in [0.2, 0.25) is 0 Å². The van der Waals surface area contributed by atoms with E-state index in [9.17, 15) is 9.59 Å². The summed E-state index contributed by atoms with van der Waals surface area (Å²) in [4.78, 5) is 28.8. The highest BCUT2D eigenvalue weighted by atomic mass is 32.2. The van der Waals surface area contributed by atoms with E-state index in [4.69, 9.17) is 9.26 Å². The van der Waals surface area contributed by atoms with Gasteiger partial charge in [-0.1, -0.05) is 35.5 Å². The largest absolute Gasteiger partial charge is 0.452 e. The predicted molar refractivity (Wildman–Crippen MR) is 94.6 cm³/mol. The Balaban J connectivity index is 1.42. The summed E-state index contributed by atoms with van der Waals surface area (Å²) in [5, 5.41) is 6.62. The number of fused-ring (bicyclic) bond motifs is 1. The molecule has 0 bridgehead atoms. The van der Waals surface area contributed by atoms with Crippen LogP contribution in [0.4, 0.5) is 5.69 Å². The van der Waals surface area contributed by atoms with E-state index in [2.05, 4.69) is 15.5 Å². The second-order valence-electron chi connectivity index (χ2n) is 5.50. The van der Waals surface area contributed by atoms with Crippen molar-refractivity contribution in [2.24, 2.45) is 0 Å². The maximum atomic E-state index is 12.2. The van der Waals surface area contributed by atoms with E-state index in [1.165, 1.54) is 11.8 Å².